The summed E-state index contributed by atoms with van der Waals surface area (Å²) in [6, 6.07) is 0. The molecule has 0 aliphatic rings. The molecule has 0 aromatic carbocycles. The quantitative estimate of drug-likeness (QED) is 0.613. The lowest BCUT2D eigenvalue weighted by molar-refractivity contribution is -0.122. The van der Waals surface area contributed by atoms with Gasteiger partial charge in [-0.05, 0) is 38.7 Å². The average molecular weight is 246 g/mol. The summed E-state index contributed by atoms with van der Waals surface area (Å²) in [4.78, 5) is 11.4. The second-order valence-corrected chi connectivity index (χ2v) is 5.91. The van der Waals surface area contributed by atoms with Crippen molar-refractivity contribution < 1.29 is 4.79 Å². The van der Waals surface area contributed by atoms with Gasteiger partial charge in [-0.1, -0.05) is 12.8 Å². The Morgan fingerprint density at radius 3 is 2.44 bits per heavy atom. The molecule has 3 nitrogen and oxygen atoms in total. The van der Waals surface area contributed by atoms with Gasteiger partial charge in [0.25, 0.3) is 0 Å². The third-order valence-corrected chi connectivity index (χ3v) is 2.91. The predicted molar refractivity (Wildman–Crippen MR) is 72.7 cm³/mol. The Labute approximate surface area is 104 Å². The molecule has 0 unspecified atom stereocenters. The van der Waals surface area contributed by atoms with Crippen LogP contribution in [0.3, 0.4) is 0 Å². The molecular weight excluding hydrogens is 220 g/mol. The van der Waals surface area contributed by atoms with E-state index in [1.54, 1.807) is 0 Å². The first-order valence-electron chi connectivity index (χ1n) is 6.00. The summed E-state index contributed by atoms with van der Waals surface area (Å²) in [5.41, 5.74) is 5.36. The Morgan fingerprint density at radius 2 is 1.88 bits per heavy atom. The van der Waals surface area contributed by atoms with Gasteiger partial charge in [0.15, 0.2) is 0 Å². The molecule has 1 amide bonds. The maximum absolute atomic E-state index is 11.4. The van der Waals surface area contributed by atoms with E-state index in [0.29, 0.717) is 6.42 Å². The van der Waals surface area contributed by atoms with Gasteiger partial charge in [-0.15, -0.1) is 0 Å². The number of carbonyl (C=O) groups is 1. The summed E-state index contributed by atoms with van der Waals surface area (Å²) in [7, 11) is 0. The third kappa shape index (κ3) is 11.9. The van der Waals surface area contributed by atoms with Gasteiger partial charge in [0, 0.05) is 18.5 Å². The number of nitrogens with one attached hydrogen (secondary N) is 1. The van der Waals surface area contributed by atoms with Crippen LogP contribution in [0.15, 0.2) is 0 Å². The van der Waals surface area contributed by atoms with E-state index in [2.05, 4.69) is 11.6 Å². The molecule has 0 heterocycles. The second kappa shape index (κ2) is 8.88. The first-order chi connectivity index (χ1) is 7.45. The van der Waals surface area contributed by atoms with Gasteiger partial charge in [0.05, 0.1) is 0 Å². The molecule has 16 heavy (non-hydrogen) atoms. The molecule has 4 heteroatoms. The van der Waals surface area contributed by atoms with Crippen LogP contribution in [0, 0.1) is 0 Å². The molecule has 96 valence electrons. The molecule has 0 spiro atoms. The van der Waals surface area contributed by atoms with Crippen molar-refractivity contribution in [1.82, 2.24) is 5.32 Å². The van der Waals surface area contributed by atoms with E-state index < -0.39 is 5.54 Å². The summed E-state index contributed by atoms with van der Waals surface area (Å²) in [6.45, 7) is 4.53. The second-order valence-electron chi connectivity index (χ2n) is 4.92. The van der Waals surface area contributed by atoms with Gasteiger partial charge < -0.3 is 11.1 Å². The van der Waals surface area contributed by atoms with Crippen LogP contribution in [0.5, 0.6) is 0 Å². The zero-order valence-electron chi connectivity index (χ0n) is 10.8. The zero-order chi connectivity index (χ0) is 12.4. The highest BCUT2D eigenvalue weighted by molar-refractivity contribution is 7.98. The minimum atomic E-state index is -0.400. The number of nitrogens with two attached hydrogens (primary N) is 1. The van der Waals surface area contributed by atoms with Crippen LogP contribution in [-0.2, 0) is 4.79 Å². The molecule has 0 radical (unpaired) electrons. The first-order valence-corrected chi connectivity index (χ1v) is 7.39. The molecule has 0 saturated carbocycles. The Bertz CT molecular complexity index is 190. The normalized spacial score (nSPS) is 11.5. The SMILES string of the molecule is CSCCCCCCNC(=O)CC(C)(C)N. The van der Waals surface area contributed by atoms with Crippen molar-refractivity contribution in [1.29, 1.82) is 0 Å². The summed E-state index contributed by atoms with van der Waals surface area (Å²) in [6.07, 6.45) is 7.36. The summed E-state index contributed by atoms with van der Waals surface area (Å²) in [5, 5.41) is 2.91. The molecule has 0 rings (SSSR count). The monoisotopic (exact) mass is 246 g/mol. The van der Waals surface area contributed by atoms with E-state index in [9.17, 15) is 4.79 Å². The number of amides is 1. The van der Waals surface area contributed by atoms with E-state index in [0.717, 1.165) is 13.0 Å². The van der Waals surface area contributed by atoms with E-state index in [1.165, 1.54) is 25.0 Å². The van der Waals surface area contributed by atoms with Crippen molar-refractivity contribution >= 4 is 17.7 Å². The van der Waals surface area contributed by atoms with Crippen LogP contribution in [0.2, 0.25) is 0 Å². The average Bonchev–Trinajstić information content (AvgIpc) is 2.13. The Hall–Kier alpha value is -0.220. The Morgan fingerprint density at radius 1 is 1.25 bits per heavy atom. The van der Waals surface area contributed by atoms with Crippen molar-refractivity contribution in [2.45, 2.75) is 51.5 Å². The number of hydrogen-bond donors (Lipinski definition) is 2. The topological polar surface area (TPSA) is 55.1 Å². The third-order valence-electron chi connectivity index (χ3n) is 2.21. The van der Waals surface area contributed by atoms with Gasteiger partial charge in [0.1, 0.15) is 0 Å². The fraction of sp³-hybridized carbons (Fsp3) is 0.917. The molecule has 0 saturated heterocycles. The van der Waals surface area contributed by atoms with E-state index in [-0.39, 0.29) is 5.91 Å². The lowest BCUT2D eigenvalue weighted by Gasteiger charge is -2.17. The standard InChI is InChI=1S/C12H26N2OS/c1-12(2,13)10-11(15)14-8-6-4-5-7-9-16-3/h4-10,13H2,1-3H3,(H,14,15). The van der Waals surface area contributed by atoms with Crippen molar-refractivity contribution in [3.63, 3.8) is 0 Å². The van der Waals surface area contributed by atoms with Gasteiger partial charge >= 0.3 is 0 Å². The fourth-order valence-electron chi connectivity index (χ4n) is 1.43. The smallest absolute Gasteiger partial charge is 0.221 e. The molecule has 0 aliphatic carbocycles. The van der Waals surface area contributed by atoms with Crippen LogP contribution in [0.1, 0.15) is 46.0 Å². The fourth-order valence-corrected chi connectivity index (χ4v) is 1.92. The predicted octanol–water partition coefficient (Wildman–Crippen LogP) is 2.15. The van der Waals surface area contributed by atoms with Crippen LogP contribution >= 0.6 is 11.8 Å². The van der Waals surface area contributed by atoms with Crippen molar-refractivity contribution in [3.05, 3.63) is 0 Å². The maximum Gasteiger partial charge on any atom is 0.221 e. The summed E-state index contributed by atoms with van der Waals surface area (Å²) < 4.78 is 0. The minimum absolute atomic E-state index is 0.0663. The van der Waals surface area contributed by atoms with E-state index in [4.69, 9.17) is 5.73 Å². The van der Waals surface area contributed by atoms with Crippen LogP contribution in [0.25, 0.3) is 0 Å². The summed E-state index contributed by atoms with van der Waals surface area (Å²) >= 11 is 1.89. The first kappa shape index (κ1) is 15.8. The van der Waals surface area contributed by atoms with Crippen LogP contribution < -0.4 is 11.1 Å². The van der Waals surface area contributed by atoms with Gasteiger partial charge in [-0.2, -0.15) is 11.8 Å². The molecule has 3 N–H and O–H groups in total. The lowest BCUT2D eigenvalue weighted by atomic mass is 10.0. The highest BCUT2D eigenvalue weighted by atomic mass is 32.2. The molecule has 0 atom stereocenters. The summed E-state index contributed by atoms with van der Waals surface area (Å²) in [5.74, 6) is 1.31. The van der Waals surface area contributed by atoms with E-state index in [1.807, 2.05) is 25.6 Å². The number of unbranched alkanes of at least 4 members (excludes halogenated alkanes) is 3. The Balaban J connectivity index is 3.28. The molecule has 0 fully saturated rings. The van der Waals surface area contributed by atoms with Gasteiger partial charge in [-0.25, -0.2) is 0 Å². The molecule has 0 aliphatic heterocycles. The number of thioether (sulfide) groups is 1. The highest BCUT2D eigenvalue weighted by Gasteiger charge is 2.15. The molecule has 0 aromatic rings. The van der Waals surface area contributed by atoms with Crippen LogP contribution in [-0.4, -0.2) is 30.0 Å². The lowest BCUT2D eigenvalue weighted by Crippen LogP contribution is -2.39. The number of hydrogen-bond acceptors (Lipinski definition) is 3. The molecular formula is C12H26N2OS. The number of carbonyl (C=O) groups excluding carboxylic acids is 1. The molecule has 0 aromatic heterocycles. The van der Waals surface area contributed by atoms with Crippen LogP contribution in [0.4, 0.5) is 0 Å². The van der Waals surface area contributed by atoms with Crippen molar-refractivity contribution in [2.75, 3.05) is 18.6 Å². The van der Waals surface area contributed by atoms with Crippen molar-refractivity contribution in [3.8, 4) is 0 Å². The Kier molecular flexibility index (Phi) is 8.76. The van der Waals surface area contributed by atoms with Gasteiger partial charge in [0.2, 0.25) is 5.91 Å². The maximum atomic E-state index is 11.4. The minimum Gasteiger partial charge on any atom is -0.356 e. The molecule has 0 bridgehead atoms. The largest absolute Gasteiger partial charge is 0.356 e. The highest BCUT2D eigenvalue weighted by Crippen LogP contribution is 2.05. The zero-order valence-corrected chi connectivity index (χ0v) is 11.7. The van der Waals surface area contributed by atoms with Crippen molar-refractivity contribution in [2.24, 2.45) is 5.73 Å². The van der Waals surface area contributed by atoms with E-state index >= 15 is 0 Å². The number of rotatable bonds is 9. The van der Waals surface area contributed by atoms with Gasteiger partial charge in [-0.3, -0.25) is 4.79 Å².